The molecule has 0 fully saturated rings. The zero-order valence-electron chi connectivity index (χ0n) is 11.4. The molecule has 2 heterocycles. The van der Waals surface area contributed by atoms with Crippen molar-refractivity contribution < 1.29 is 9.53 Å². The lowest BCUT2D eigenvalue weighted by atomic mass is 10.2. The van der Waals surface area contributed by atoms with Crippen molar-refractivity contribution in [3.05, 3.63) is 17.3 Å². The molecule has 2 rings (SSSR count). The highest BCUT2D eigenvalue weighted by atomic mass is 32.2. The molecule has 20 heavy (non-hydrogen) atoms. The zero-order valence-corrected chi connectivity index (χ0v) is 13.0. The maximum Gasteiger partial charge on any atom is 0.352 e. The molecular weight excluding hydrogens is 296 g/mol. The van der Waals surface area contributed by atoms with Crippen molar-refractivity contribution in [3.8, 4) is 11.3 Å². The van der Waals surface area contributed by atoms with Gasteiger partial charge < -0.3 is 4.74 Å². The van der Waals surface area contributed by atoms with E-state index in [-0.39, 0.29) is 6.10 Å². The fraction of sp³-hybridized carbons (Fsp3) is 0.417. The molecule has 0 saturated carbocycles. The maximum atomic E-state index is 12.1. The Morgan fingerprint density at radius 1 is 1.45 bits per heavy atom. The fourth-order valence-corrected chi connectivity index (χ4v) is 2.27. The Labute approximate surface area is 125 Å². The lowest BCUT2D eigenvalue weighted by Gasteiger charge is -2.09. The number of aromatic nitrogens is 4. The molecule has 6 nitrogen and oxygen atoms in total. The lowest BCUT2D eigenvalue weighted by molar-refractivity contribution is 0.0341. The minimum absolute atomic E-state index is 0.132. The third-order valence-electron chi connectivity index (χ3n) is 2.64. The van der Waals surface area contributed by atoms with Gasteiger partial charge in [0.05, 0.1) is 6.10 Å². The van der Waals surface area contributed by atoms with E-state index >= 15 is 0 Å². The number of rotatable bonds is 5. The number of nitrogens with zero attached hydrogens (tertiary/aromatic N) is 4. The Morgan fingerprint density at radius 2 is 2.15 bits per heavy atom. The highest BCUT2D eigenvalue weighted by Crippen LogP contribution is 2.24. The van der Waals surface area contributed by atoms with Gasteiger partial charge in [0.2, 0.25) is 0 Å². The number of hydrogen-bond acceptors (Lipinski definition) is 8. The zero-order chi connectivity index (χ0) is 14.5. The first-order valence-corrected chi connectivity index (χ1v) is 8.05. The maximum absolute atomic E-state index is 12.1. The summed E-state index contributed by atoms with van der Waals surface area (Å²) in [5.41, 5.74) is 1.13. The summed E-state index contributed by atoms with van der Waals surface area (Å²) >= 11 is 2.47. The number of thioether (sulfide) groups is 1. The van der Waals surface area contributed by atoms with E-state index < -0.39 is 5.97 Å². The summed E-state index contributed by atoms with van der Waals surface area (Å²) in [4.78, 5) is 20.8. The molecule has 8 heteroatoms. The van der Waals surface area contributed by atoms with Gasteiger partial charge in [-0.3, -0.25) is 0 Å². The Bertz CT molecular complexity index is 585. The second-order valence-electron chi connectivity index (χ2n) is 4.03. The van der Waals surface area contributed by atoms with Gasteiger partial charge in [0, 0.05) is 18.0 Å². The van der Waals surface area contributed by atoms with Crippen LogP contribution >= 0.6 is 23.3 Å². The molecule has 0 aromatic carbocycles. The van der Waals surface area contributed by atoms with Gasteiger partial charge >= 0.3 is 5.97 Å². The minimum Gasteiger partial charge on any atom is -0.458 e. The summed E-state index contributed by atoms with van der Waals surface area (Å²) in [5.74, 6) is -0.404. The van der Waals surface area contributed by atoms with Crippen molar-refractivity contribution in [2.75, 3.05) is 6.26 Å². The lowest BCUT2D eigenvalue weighted by Crippen LogP contribution is -2.13. The van der Waals surface area contributed by atoms with Gasteiger partial charge in [-0.25, -0.2) is 14.8 Å². The number of esters is 1. The first-order chi connectivity index (χ1) is 9.65. The molecule has 0 aliphatic rings. The van der Waals surface area contributed by atoms with Crippen LogP contribution in [0.4, 0.5) is 0 Å². The second-order valence-corrected chi connectivity index (χ2v) is 5.56. The first kappa shape index (κ1) is 14.9. The molecule has 2 aromatic rings. The molecule has 0 radical (unpaired) electrons. The van der Waals surface area contributed by atoms with Crippen molar-refractivity contribution in [1.29, 1.82) is 0 Å². The van der Waals surface area contributed by atoms with E-state index in [1.165, 1.54) is 11.8 Å². The van der Waals surface area contributed by atoms with Gasteiger partial charge in [-0.05, 0) is 31.1 Å². The second kappa shape index (κ2) is 6.76. The number of hydrogen-bond donors (Lipinski definition) is 0. The van der Waals surface area contributed by atoms with Crippen molar-refractivity contribution in [2.45, 2.75) is 31.5 Å². The summed E-state index contributed by atoms with van der Waals surface area (Å²) in [6, 6.07) is 0. The summed E-state index contributed by atoms with van der Waals surface area (Å²) in [6.45, 7) is 3.81. The van der Waals surface area contributed by atoms with E-state index in [0.29, 0.717) is 21.3 Å². The van der Waals surface area contributed by atoms with Crippen LogP contribution in [0, 0.1) is 0 Å². The Morgan fingerprint density at radius 3 is 2.75 bits per heavy atom. The van der Waals surface area contributed by atoms with Crippen LogP contribution in [0.2, 0.25) is 0 Å². The Balaban J connectivity index is 2.25. The average Bonchev–Trinajstić information content (AvgIpc) is 2.96. The van der Waals surface area contributed by atoms with Crippen LogP contribution in [0.1, 0.15) is 29.9 Å². The summed E-state index contributed by atoms with van der Waals surface area (Å²) in [6.07, 6.45) is 5.80. The van der Waals surface area contributed by atoms with Crippen LogP contribution in [0.25, 0.3) is 11.3 Å². The SMILES string of the molecule is CC[C@H](C)OC(=O)c1snnc1-c1cnc(SC)nc1. The van der Waals surface area contributed by atoms with E-state index in [2.05, 4.69) is 19.6 Å². The van der Waals surface area contributed by atoms with Gasteiger partial charge in [-0.2, -0.15) is 0 Å². The van der Waals surface area contributed by atoms with Crippen molar-refractivity contribution in [2.24, 2.45) is 0 Å². The molecule has 0 aliphatic heterocycles. The topological polar surface area (TPSA) is 77.9 Å². The van der Waals surface area contributed by atoms with E-state index in [9.17, 15) is 4.79 Å². The molecule has 0 bridgehead atoms. The van der Waals surface area contributed by atoms with E-state index in [0.717, 1.165) is 18.0 Å². The van der Waals surface area contributed by atoms with Crippen LogP contribution in [-0.4, -0.2) is 37.9 Å². The van der Waals surface area contributed by atoms with Crippen molar-refractivity contribution in [1.82, 2.24) is 19.6 Å². The summed E-state index contributed by atoms with van der Waals surface area (Å²) < 4.78 is 9.12. The predicted octanol–water partition coefficient (Wildman–Crippen LogP) is 2.67. The van der Waals surface area contributed by atoms with Gasteiger partial charge in [-0.15, -0.1) is 5.10 Å². The quantitative estimate of drug-likeness (QED) is 0.477. The highest BCUT2D eigenvalue weighted by Gasteiger charge is 2.21. The summed E-state index contributed by atoms with van der Waals surface area (Å²) in [5, 5.41) is 4.64. The first-order valence-electron chi connectivity index (χ1n) is 6.05. The average molecular weight is 310 g/mol. The molecule has 0 saturated heterocycles. The molecule has 0 N–H and O–H groups in total. The third kappa shape index (κ3) is 3.31. The van der Waals surface area contributed by atoms with Gasteiger partial charge in [0.15, 0.2) is 10.0 Å². The van der Waals surface area contributed by atoms with Gasteiger partial charge in [0.25, 0.3) is 0 Å². The number of carbonyl (C=O) groups is 1. The molecule has 2 aromatic heterocycles. The molecule has 0 aliphatic carbocycles. The highest BCUT2D eigenvalue weighted by molar-refractivity contribution is 7.98. The molecule has 0 unspecified atom stereocenters. The fourth-order valence-electron chi connectivity index (χ4n) is 1.38. The molecule has 1 atom stereocenters. The molecule has 106 valence electrons. The van der Waals surface area contributed by atoms with Crippen LogP contribution in [0.3, 0.4) is 0 Å². The van der Waals surface area contributed by atoms with Crippen LogP contribution in [-0.2, 0) is 4.74 Å². The molecule has 0 amide bonds. The standard InChI is InChI=1S/C12H14N4O2S2/c1-4-7(2)18-11(17)10-9(15-16-20-10)8-5-13-12(19-3)14-6-8/h5-7H,4H2,1-3H3/t7-/m0/s1. The molecular formula is C12H14N4O2S2. The van der Waals surface area contributed by atoms with Crippen molar-refractivity contribution in [3.63, 3.8) is 0 Å². The van der Waals surface area contributed by atoms with Crippen molar-refractivity contribution >= 4 is 29.3 Å². The largest absolute Gasteiger partial charge is 0.458 e. The van der Waals surface area contributed by atoms with Crippen LogP contribution in [0.15, 0.2) is 17.6 Å². The smallest absolute Gasteiger partial charge is 0.352 e. The monoisotopic (exact) mass is 310 g/mol. The Kier molecular flexibility index (Phi) is 5.02. The number of ether oxygens (including phenoxy) is 1. The molecule has 0 spiro atoms. The van der Waals surface area contributed by atoms with Crippen LogP contribution in [0.5, 0.6) is 0 Å². The summed E-state index contributed by atoms with van der Waals surface area (Å²) in [7, 11) is 0. The van der Waals surface area contributed by atoms with E-state index in [4.69, 9.17) is 4.74 Å². The predicted molar refractivity (Wildman–Crippen MR) is 77.9 cm³/mol. The Hall–Kier alpha value is -1.54. The van der Waals surface area contributed by atoms with E-state index in [1.807, 2.05) is 20.1 Å². The van der Waals surface area contributed by atoms with Gasteiger partial charge in [-0.1, -0.05) is 23.2 Å². The third-order valence-corrected chi connectivity index (χ3v) is 3.92. The number of carbonyl (C=O) groups excluding carboxylic acids is 1. The van der Waals surface area contributed by atoms with Crippen LogP contribution < -0.4 is 0 Å². The minimum atomic E-state index is -0.404. The normalized spacial score (nSPS) is 12.2. The van der Waals surface area contributed by atoms with Gasteiger partial charge in [0.1, 0.15) is 5.69 Å². The van der Waals surface area contributed by atoms with E-state index in [1.54, 1.807) is 12.4 Å².